The Bertz CT molecular complexity index is 676. The zero-order valence-electron chi connectivity index (χ0n) is 13.1. The summed E-state index contributed by atoms with van der Waals surface area (Å²) in [7, 11) is 3.01. The van der Waals surface area contributed by atoms with Gasteiger partial charge in [-0.15, -0.1) is 0 Å². The average molecular weight is 336 g/mol. The summed E-state index contributed by atoms with van der Waals surface area (Å²) in [6.07, 6.45) is -0.678. The molecule has 6 heteroatoms. The van der Waals surface area contributed by atoms with Gasteiger partial charge in [-0.2, -0.15) is 0 Å². The lowest BCUT2D eigenvalue weighted by molar-refractivity contribution is -0.122. The number of anilines is 1. The molecule has 1 N–H and O–H groups in total. The van der Waals surface area contributed by atoms with Gasteiger partial charge in [0.2, 0.25) is 0 Å². The van der Waals surface area contributed by atoms with E-state index in [1.54, 1.807) is 31.2 Å². The van der Waals surface area contributed by atoms with Gasteiger partial charge in [0.1, 0.15) is 17.2 Å². The summed E-state index contributed by atoms with van der Waals surface area (Å²) in [4.78, 5) is 12.3. The van der Waals surface area contributed by atoms with Crippen LogP contribution in [0.4, 0.5) is 5.69 Å². The molecular formula is C17H18ClNO4. The Labute approximate surface area is 140 Å². The van der Waals surface area contributed by atoms with Crippen LogP contribution in [-0.4, -0.2) is 26.2 Å². The summed E-state index contributed by atoms with van der Waals surface area (Å²) in [6, 6.07) is 12.3. The number of hydrogen-bond donors (Lipinski definition) is 1. The first-order chi connectivity index (χ1) is 11.0. The van der Waals surface area contributed by atoms with E-state index in [1.807, 2.05) is 18.2 Å². The maximum atomic E-state index is 12.3. The highest BCUT2D eigenvalue weighted by Crippen LogP contribution is 2.36. The minimum Gasteiger partial charge on any atom is -0.495 e. The standard InChI is InChI=1S/C17H18ClNO4/c1-11(23-12-7-5-4-6-8-12)17(20)19-14-9-13(18)15(21-2)10-16(14)22-3/h4-11H,1-3H3,(H,19,20)/t11-/m1/s1. The molecule has 0 spiro atoms. The first-order valence-electron chi connectivity index (χ1n) is 6.99. The topological polar surface area (TPSA) is 56.8 Å². The van der Waals surface area contributed by atoms with Crippen molar-refractivity contribution in [2.24, 2.45) is 0 Å². The number of benzene rings is 2. The van der Waals surface area contributed by atoms with E-state index in [0.29, 0.717) is 28.0 Å². The molecule has 0 heterocycles. The second-order valence-electron chi connectivity index (χ2n) is 4.75. The van der Waals surface area contributed by atoms with Crippen LogP contribution in [0.15, 0.2) is 42.5 Å². The first-order valence-corrected chi connectivity index (χ1v) is 7.37. The number of hydrogen-bond acceptors (Lipinski definition) is 4. The Balaban J connectivity index is 2.11. The number of nitrogens with one attached hydrogen (secondary N) is 1. The lowest BCUT2D eigenvalue weighted by Gasteiger charge is -2.17. The summed E-state index contributed by atoms with van der Waals surface area (Å²) in [5.74, 6) is 1.23. The van der Waals surface area contributed by atoms with Gasteiger partial charge in [-0.3, -0.25) is 4.79 Å². The largest absolute Gasteiger partial charge is 0.495 e. The maximum Gasteiger partial charge on any atom is 0.265 e. The fraction of sp³-hybridized carbons (Fsp3) is 0.235. The fourth-order valence-corrected chi connectivity index (χ4v) is 2.19. The van der Waals surface area contributed by atoms with Crippen molar-refractivity contribution >= 4 is 23.2 Å². The molecule has 1 atom stereocenters. The van der Waals surface area contributed by atoms with Crippen LogP contribution in [0.1, 0.15) is 6.92 Å². The zero-order valence-corrected chi connectivity index (χ0v) is 13.9. The molecule has 2 rings (SSSR count). The van der Waals surface area contributed by atoms with Crippen molar-refractivity contribution in [1.29, 1.82) is 0 Å². The van der Waals surface area contributed by atoms with Crippen molar-refractivity contribution in [2.45, 2.75) is 13.0 Å². The lowest BCUT2D eigenvalue weighted by Crippen LogP contribution is -2.30. The quantitative estimate of drug-likeness (QED) is 0.873. The number of para-hydroxylation sites is 1. The zero-order chi connectivity index (χ0) is 16.8. The fourth-order valence-electron chi connectivity index (χ4n) is 1.95. The van der Waals surface area contributed by atoms with E-state index in [2.05, 4.69) is 5.32 Å². The smallest absolute Gasteiger partial charge is 0.265 e. The summed E-state index contributed by atoms with van der Waals surface area (Å²) in [5, 5.41) is 3.12. The number of ether oxygens (including phenoxy) is 3. The SMILES string of the molecule is COc1cc(OC)c(NC(=O)[C@@H](C)Oc2ccccc2)cc1Cl. The van der Waals surface area contributed by atoms with Crippen molar-refractivity contribution in [3.63, 3.8) is 0 Å². The average Bonchev–Trinajstić information content (AvgIpc) is 2.56. The van der Waals surface area contributed by atoms with Gasteiger partial charge < -0.3 is 19.5 Å². The van der Waals surface area contributed by atoms with Gasteiger partial charge in [0.05, 0.1) is 24.9 Å². The highest BCUT2D eigenvalue weighted by atomic mass is 35.5. The highest BCUT2D eigenvalue weighted by molar-refractivity contribution is 6.32. The second kappa shape index (κ2) is 7.74. The normalized spacial score (nSPS) is 11.5. The van der Waals surface area contributed by atoms with Gasteiger partial charge in [-0.1, -0.05) is 29.8 Å². The molecule has 1 amide bonds. The van der Waals surface area contributed by atoms with Crippen LogP contribution in [-0.2, 0) is 4.79 Å². The predicted octanol–water partition coefficient (Wildman–Crippen LogP) is 3.76. The molecule has 0 aliphatic heterocycles. The Morgan fingerprint density at radius 2 is 1.74 bits per heavy atom. The Hall–Kier alpha value is -2.40. The number of rotatable bonds is 6. The van der Waals surface area contributed by atoms with E-state index in [4.69, 9.17) is 25.8 Å². The Morgan fingerprint density at radius 1 is 1.09 bits per heavy atom. The molecule has 0 radical (unpaired) electrons. The monoisotopic (exact) mass is 335 g/mol. The third kappa shape index (κ3) is 4.29. The van der Waals surface area contributed by atoms with Crippen molar-refractivity contribution in [1.82, 2.24) is 0 Å². The summed E-state index contributed by atoms with van der Waals surface area (Å²) < 4.78 is 16.0. The van der Waals surface area contributed by atoms with Gasteiger partial charge in [-0.25, -0.2) is 0 Å². The van der Waals surface area contributed by atoms with Crippen LogP contribution in [0.5, 0.6) is 17.2 Å². The van der Waals surface area contributed by atoms with E-state index in [1.165, 1.54) is 14.2 Å². The van der Waals surface area contributed by atoms with Crippen LogP contribution in [0, 0.1) is 0 Å². The number of carbonyl (C=O) groups excluding carboxylic acids is 1. The van der Waals surface area contributed by atoms with Crippen molar-refractivity contribution < 1.29 is 19.0 Å². The molecule has 0 unspecified atom stereocenters. The van der Waals surface area contributed by atoms with Crippen LogP contribution in [0.3, 0.4) is 0 Å². The first kappa shape index (κ1) is 17.0. The Kier molecular flexibility index (Phi) is 5.71. The maximum absolute atomic E-state index is 12.3. The molecule has 0 aromatic heterocycles. The minimum absolute atomic E-state index is 0.312. The van der Waals surface area contributed by atoms with Crippen LogP contribution in [0.25, 0.3) is 0 Å². The lowest BCUT2D eigenvalue weighted by atomic mass is 10.2. The number of methoxy groups -OCH3 is 2. The molecule has 0 saturated heterocycles. The third-order valence-corrected chi connectivity index (χ3v) is 3.45. The molecule has 2 aromatic rings. The van der Waals surface area contributed by atoms with E-state index < -0.39 is 6.10 Å². The van der Waals surface area contributed by atoms with Gasteiger partial charge in [0.25, 0.3) is 5.91 Å². The van der Waals surface area contributed by atoms with E-state index in [9.17, 15) is 4.79 Å². The molecule has 5 nitrogen and oxygen atoms in total. The molecule has 0 saturated carbocycles. The molecular weight excluding hydrogens is 318 g/mol. The number of amides is 1. The van der Waals surface area contributed by atoms with Crippen molar-refractivity contribution in [2.75, 3.05) is 19.5 Å². The summed E-state index contributed by atoms with van der Waals surface area (Å²) in [5.41, 5.74) is 0.451. The number of halogens is 1. The molecule has 0 aliphatic carbocycles. The van der Waals surface area contributed by atoms with Gasteiger partial charge in [0, 0.05) is 6.07 Å². The van der Waals surface area contributed by atoms with Crippen LogP contribution >= 0.6 is 11.6 Å². The molecule has 2 aromatic carbocycles. The highest BCUT2D eigenvalue weighted by Gasteiger charge is 2.18. The molecule has 0 bridgehead atoms. The second-order valence-corrected chi connectivity index (χ2v) is 5.16. The molecule has 122 valence electrons. The minimum atomic E-state index is -0.678. The molecule has 0 aliphatic rings. The predicted molar refractivity (Wildman–Crippen MR) is 89.7 cm³/mol. The van der Waals surface area contributed by atoms with Gasteiger partial charge in [-0.05, 0) is 25.1 Å². The van der Waals surface area contributed by atoms with E-state index >= 15 is 0 Å². The third-order valence-electron chi connectivity index (χ3n) is 3.16. The molecule has 0 fully saturated rings. The van der Waals surface area contributed by atoms with Crippen LogP contribution in [0.2, 0.25) is 5.02 Å². The summed E-state index contributed by atoms with van der Waals surface area (Å²) in [6.45, 7) is 1.67. The van der Waals surface area contributed by atoms with Crippen molar-refractivity contribution in [3.8, 4) is 17.2 Å². The number of carbonyl (C=O) groups is 1. The molecule has 23 heavy (non-hydrogen) atoms. The van der Waals surface area contributed by atoms with Gasteiger partial charge in [0.15, 0.2) is 6.10 Å². The van der Waals surface area contributed by atoms with Crippen molar-refractivity contribution in [3.05, 3.63) is 47.5 Å². The Morgan fingerprint density at radius 3 is 2.35 bits per heavy atom. The van der Waals surface area contributed by atoms with E-state index in [0.717, 1.165) is 0 Å². The van der Waals surface area contributed by atoms with Gasteiger partial charge >= 0.3 is 0 Å². The summed E-state index contributed by atoms with van der Waals surface area (Å²) >= 11 is 6.09. The van der Waals surface area contributed by atoms with Crippen LogP contribution < -0.4 is 19.5 Å². The van der Waals surface area contributed by atoms with E-state index in [-0.39, 0.29) is 5.91 Å².